The number of nitrogens with zero attached hydrogens (tertiary/aromatic N) is 4. The van der Waals surface area contributed by atoms with Gasteiger partial charge >= 0.3 is 0 Å². The number of aromatic nitrogens is 4. The normalized spacial score (nSPS) is 13.0. The second kappa shape index (κ2) is 4.31. The lowest BCUT2D eigenvalue weighted by Crippen LogP contribution is -2.02. The highest BCUT2D eigenvalue weighted by atomic mass is 32.1. The van der Waals surface area contributed by atoms with Crippen molar-refractivity contribution in [3.05, 3.63) is 27.2 Å². The van der Waals surface area contributed by atoms with E-state index in [4.69, 9.17) is 0 Å². The molecule has 0 spiro atoms. The molecule has 1 atom stereocenters. The van der Waals surface area contributed by atoms with E-state index in [1.54, 1.807) is 18.4 Å². The molecule has 0 saturated carbocycles. The van der Waals surface area contributed by atoms with Crippen LogP contribution in [0.4, 0.5) is 0 Å². The predicted molar refractivity (Wildman–Crippen MR) is 61.3 cm³/mol. The molecule has 2 aromatic heterocycles. The van der Waals surface area contributed by atoms with Crippen LogP contribution in [0.15, 0.2) is 6.07 Å². The number of rotatable bonds is 3. The van der Waals surface area contributed by atoms with Crippen molar-refractivity contribution in [2.45, 2.75) is 26.4 Å². The summed E-state index contributed by atoms with van der Waals surface area (Å²) >= 11 is 1.62. The van der Waals surface area contributed by atoms with E-state index < -0.39 is 6.10 Å². The van der Waals surface area contributed by atoms with Gasteiger partial charge in [0.1, 0.15) is 0 Å². The molecule has 86 valence electrons. The number of hydrogen-bond acceptors (Lipinski definition) is 5. The lowest BCUT2D eigenvalue weighted by Gasteiger charge is -2.04. The Bertz CT molecular complexity index is 471. The first-order valence-electron chi connectivity index (χ1n) is 5.04. The third kappa shape index (κ3) is 2.28. The van der Waals surface area contributed by atoms with Gasteiger partial charge in [-0.25, -0.2) is 0 Å². The number of aryl methyl sites for hydroxylation is 3. The van der Waals surface area contributed by atoms with Gasteiger partial charge in [0.15, 0.2) is 5.82 Å². The van der Waals surface area contributed by atoms with Gasteiger partial charge in [-0.05, 0) is 30.7 Å². The highest BCUT2D eigenvalue weighted by Gasteiger charge is 2.15. The standard InChI is InChI=1S/C10H14N4OS/c1-6-4-9(16-7(6)2)8(15)5-10-11-13-14(3)12-10/h4,8,15H,5H2,1-3H3. The molecule has 2 heterocycles. The summed E-state index contributed by atoms with van der Waals surface area (Å²) < 4.78 is 0. The molecule has 0 radical (unpaired) electrons. The molecule has 0 aliphatic carbocycles. The number of tetrazole rings is 1. The lowest BCUT2D eigenvalue weighted by molar-refractivity contribution is 0.179. The summed E-state index contributed by atoms with van der Waals surface area (Å²) in [6, 6.07) is 2.01. The minimum Gasteiger partial charge on any atom is -0.387 e. The Morgan fingerprint density at radius 1 is 1.50 bits per heavy atom. The Labute approximate surface area is 97.7 Å². The van der Waals surface area contributed by atoms with Crippen molar-refractivity contribution in [2.75, 3.05) is 0 Å². The van der Waals surface area contributed by atoms with E-state index in [-0.39, 0.29) is 0 Å². The van der Waals surface area contributed by atoms with Crippen LogP contribution in [0.1, 0.15) is 27.2 Å². The van der Waals surface area contributed by atoms with Crippen LogP contribution in [-0.2, 0) is 13.5 Å². The van der Waals surface area contributed by atoms with E-state index in [0.29, 0.717) is 12.2 Å². The van der Waals surface area contributed by atoms with Crippen molar-refractivity contribution in [2.24, 2.45) is 7.05 Å². The van der Waals surface area contributed by atoms with Crippen LogP contribution in [0.25, 0.3) is 0 Å². The molecule has 0 amide bonds. The summed E-state index contributed by atoms with van der Waals surface area (Å²) in [5.41, 5.74) is 1.21. The van der Waals surface area contributed by atoms with Crippen LogP contribution in [-0.4, -0.2) is 25.3 Å². The van der Waals surface area contributed by atoms with Crippen molar-refractivity contribution in [3.63, 3.8) is 0 Å². The maximum Gasteiger partial charge on any atom is 0.177 e. The van der Waals surface area contributed by atoms with E-state index in [2.05, 4.69) is 22.3 Å². The molecule has 5 nitrogen and oxygen atoms in total. The molecule has 1 unspecified atom stereocenters. The van der Waals surface area contributed by atoms with E-state index in [0.717, 1.165) is 4.88 Å². The first kappa shape index (κ1) is 11.2. The van der Waals surface area contributed by atoms with E-state index in [9.17, 15) is 5.11 Å². The second-order valence-electron chi connectivity index (χ2n) is 3.80. The largest absolute Gasteiger partial charge is 0.387 e. The summed E-state index contributed by atoms with van der Waals surface area (Å²) in [5, 5.41) is 21.6. The minimum atomic E-state index is -0.540. The second-order valence-corrected chi connectivity index (χ2v) is 5.09. The summed E-state index contributed by atoms with van der Waals surface area (Å²) in [4.78, 5) is 3.59. The Kier molecular flexibility index (Phi) is 3.02. The molecule has 1 N–H and O–H groups in total. The number of hydrogen-bond donors (Lipinski definition) is 1. The molecule has 0 aliphatic rings. The Morgan fingerprint density at radius 2 is 2.25 bits per heavy atom. The van der Waals surface area contributed by atoms with Gasteiger partial charge < -0.3 is 5.11 Å². The molecule has 0 saturated heterocycles. The van der Waals surface area contributed by atoms with E-state index in [1.807, 2.05) is 13.0 Å². The maximum absolute atomic E-state index is 10.0. The maximum atomic E-state index is 10.0. The topological polar surface area (TPSA) is 63.8 Å². The fraction of sp³-hybridized carbons (Fsp3) is 0.500. The Balaban J connectivity index is 2.11. The van der Waals surface area contributed by atoms with Gasteiger partial charge in [0.25, 0.3) is 0 Å². The van der Waals surface area contributed by atoms with Crippen LogP contribution in [0, 0.1) is 13.8 Å². The van der Waals surface area contributed by atoms with Gasteiger partial charge in [-0.1, -0.05) is 0 Å². The quantitative estimate of drug-likeness (QED) is 0.871. The van der Waals surface area contributed by atoms with Gasteiger partial charge in [-0.2, -0.15) is 4.80 Å². The summed E-state index contributed by atoms with van der Waals surface area (Å²) in [6.45, 7) is 4.10. The summed E-state index contributed by atoms with van der Waals surface area (Å²) in [6.07, 6.45) is -0.130. The smallest absolute Gasteiger partial charge is 0.177 e. The van der Waals surface area contributed by atoms with Crippen molar-refractivity contribution in [1.82, 2.24) is 20.2 Å². The fourth-order valence-corrected chi connectivity index (χ4v) is 2.47. The van der Waals surface area contributed by atoms with Crippen LogP contribution in [0.5, 0.6) is 0 Å². The monoisotopic (exact) mass is 238 g/mol. The average molecular weight is 238 g/mol. The molecule has 0 fully saturated rings. The number of aliphatic hydroxyl groups excluding tert-OH is 1. The highest BCUT2D eigenvalue weighted by molar-refractivity contribution is 7.12. The molecule has 2 rings (SSSR count). The van der Waals surface area contributed by atoms with Crippen LogP contribution < -0.4 is 0 Å². The molecular weight excluding hydrogens is 224 g/mol. The average Bonchev–Trinajstić information content (AvgIpc) is 2.75. The molecule has 0 aliphatic heterocycles. The first-order chi connectivity index (χ1) is 7.56. The summed E-state index contributed by atoms with van der Waals surface area (Å²) in [5.74, 6) is 0.568. The van der Waals surface area contributed by atoms with E-state index >= 15 is 0 Å². The van der Waals surface area contributed by atoms with Gasteiger partial charge in [0.05, 0.1) is 13.2 Å². The third-order valence-corrected chi connectivity index (χ3v) is 3.69. The van der Waals surface area contributed by atoms with Crippen LogP contribution >= 0.6 is 11.3 Å². The van der Waals surface area contributed by atoms with Crippen molar-refractivity contribution >= 4 is 11.3 Å². The molecule has 16 heavy (non-hydrogen) atoms. The lowest BCUT2D eigenvalue weighted by atomic mass is 10.2. The zero-order valence-electron chi connectivity index (χ0n) is 9.51. The molecule has 0 bridgehead atoms. The third-order valence-electron chi connectivity index (χ3n) is 2.44. The van der Waals surface area contributed by atoms with Crippen molar-refractivity contribution in [3.8, 4) is 0 Å². The minimum absolute atomic E-state index is 0.410. The Hall–Kier alpha value is -1.27. The van der Waals surface area contributed by atoms with Gasteiger partial charge in [0.2, 0.25) is 0 Å². The molecule has 0 aromatic carbocycles. The van der Waals surface area contributed by atoms with Gasteiger partial charge in [-0.15, -0.1) is 21.5 Å². The van der Waals surface area contributed by atoms with Crippen LogP contribution in [0.3, 0.4) is 0 Å². The van der Waals surface area contributed by atoms with Crippen molar-refractivity contribution < 1.29 is 5.11 Å². The SMILES string of the molecule is Cc1cc(C(O)Cc2nnn(C)n2)sc1C. The number of thiophene rings is 1. The van der Waals surface area contributed by atoms with Gasteiger partial charge in [-0.3, -0.25) is 0 Å². The van der Waals surface area contributed by atoms with Crippen LogP contribution in [0.2, 0.25) is 0 Å². The zero-order valence-corrected chi connectivity index (χ0v) is 10.3. The van der Waals surface area contributed by atoms with Gasteiger partial charge in [0, 0.05) is 16.2 Å². The number of aliphatic hydroxyl groups is 1. The molecule has 2 aromatic rings. The fourth-order valence-electron chi connectivity index (χ4n) is 1.44. The summed E-state index contributed by atoms with van der Waals surface area (Å²) in [7, 11) is 1.71. The van der Waals surface area contributed by atoms with Crippen molar-refractivity contribution in [1.29, 1.82) is 0 Å². The molecular formula is C10H14N4OS. The zero-order chi connectivity index (χ0) is 11.7. The highest BCUT2D eigenvalue weighted by Crippen LogP contribution is 2.27. The molecule has 6 heteroatoms. The first-order valence-corrected chi connectivity index (χ1v) is 5.86. The predicted octanol–water partition coefficient (Wildman–Crippen LogP) is 1.16. The van der Waals surface area contributed by atoms with E-state index in [1.165, 1.54) is 15.2 Å². The Morgan fingerprint density at radius 3 is 2.75 bits per heavy atom.